The van der Waals surface area contributed by atoms with Gasteiger partial charge in [0.05, 0.1) is 0 Å². The van der Waals surface area contributed by atoms with E-state index >= 15 is 0 Å². The number of hydrogen-bond acceptors (Lipinski definition) is 2. The number of carboxylic acids is 1. The predicted octanol–water partition coefficient (Wildman–Crippen LogP) is 3.97. The molecule has 0 aliphatic heterocycles. The molecule has 0 amide bonds. The summed E-state index contributed by atoms with van der Waals surface area (Å²) in [5.41, 5.74) is 2.42. The van der Waals surface area contributed by atoms with Crippen LogP contribution in [0.15, 0.2) is 60.7 Å². The van der Waals surface area contributed by atoms with Gasteiger partial charge < -0.3 is 5.11 Å². The predicted molar refractivity (Wildman–Crippen MR) is 86.7 cm³/mol. The molecule has 0 saturated heterocycles. The summed E-state index contributed by atoms with van der Waals surface area (Å²) in [5, 5.41) is 9.53. The molecule has 3 atom stereocenters. The molecule has 0 heterocycles. The molecule has 2 nitrogen and oxygen atoms in total. The lowest BCUT2D eigenvalue weighted by Crippen LogP contribution is -2.20. The topological polar surface area (TPSA) is 37.3 Å². The molecule has 21 heavy (non-hydrogen) atoms. The number of thioether (sulfide) groups is 1. The monoisotopic (exact) mass is 298 g/mol. The van der Waals surface area contributed by atoms with Gasteiger partial charge in [0.2, 0.25) is 0 Å². The summed E-state index contributed by atoms with van der Waals surface area (Å²) in [4.78, 5) is 11.5. The van der Waals surface area contributed by atoms with E-state index in [1.165, 1.54) is 5.56 Å². The average Bonchev–Trinajstić information content (AvgIpc) is 3.28. The van der Waals surface area contributed by atoms with Gasteiger partial charge >= 0.3 is 5.97 Å². The highest BCUT2D eigenvalue weighted by atomic mass is 32.2. The lowest BCUT2D eigenvalue weighted by molar-refractivity contribution is -0.136. The summed E-state index contributed by atoms with van der Waals surface area (Å²) in [6.07, 6.45) is 1.69. The summed E-state index contributed by atoms with van der Waals surface area (Å²) in [6.45, 7) is 0. The molecule has 3 unspecified atom stereocenters. The fourth-order valence-corrected chi connectivity index (χ4v) is 4.10. The van der Waals surface area contributed by atoms with E-state index in [2.05, 4.69) is 12.1 Å². The number of carbonyl (C=O) groups is 1. The van der Waals surface area contributed by atoms with Gasteiger partial charge in [-0.3, -0.25) is 4.79 Å². The molecule has 1 aliphatic carbocycles. The maximum atomic E-state index is 11.5. The summed E-state index contributed by atoms with van der Waals surface area (Å²) < 4.78 is 0. The average molecular weight is 298 g/mol. The molecule has 0 bridgehead atoms. The van der Waals surface area contributed by atoms with Gasteiger partial charge in [-0.15, -0.1) is 11.8 Å². The zero-order chi connectivity index (χ0) is 14.7. The molecule has 0 radical (unpaired) electrons. The maximum absolute atomic E-state index is 11.5. The van der Waals surface area contributed by atoms with E-state index in [0.29, 0.717) is 17.6 Å². The van der Waals surface area contributed by atoms with Gasteiger partial charge in [0.15, 0.2) is 0 Å². The first-order valence-electron chi connectivity index (χ1n) is 7.21. The Bertz CT molecular complexity index is 597. The normalized spacial score (nSPS) is 21.7. The Balaban J connectivity index is 1.61. The van der Waals surface area contributed by atoms with Gasteiger partial charge in [0.25, 0.3) is 0 Å². The molecule has 2 aromatic carbocycles. The minimum Gasteiger partial charge on any atom is -0.480 e. The second-order valence-electron chi connectivity index (χ2n) is 5.44. The van der Waals surface area contributed by atoms with E-state index in [0.717, 1.165) is 12.0 Å². The Morgan fingerprint density at radius 1 is 1.10 bits per heavy atom. The molecule has 0 aromatic heterocycles. The molecule has 1 fully saturated rings. The van der Waals surface area contributed by atoms with Crippen LogP contribution in [-0.4, -0.2) is 21.6 Å². The molecular weight excluding hydrogens is 280 g/mol. The number of benzene rings is 2. The van der Waals surface area contributed by atoms with Crippen LogP contribution >= 0.6 is 11.8 Å². The van der Waals surface area contributed by atoms with Crippen LogP contribution in [0.1, 0.15) is 23.5 Å². The number of aliphatic carboxylic acids is 1. The van der Waals surface area contributed by atoms with Gasteiger partial charge in [-0.1, -0.05) is 60.7 Å². The van der Waals surface area contributed by atoms with Crippen LogP contribution in [0, 0.1) is 0 Å². The first-order chi connectivity index (χ1) is 10.2. The third-order valence-corrected chi connectivity index (χ3v) is 5.41. The van der Waals surface area contributed by atoms with Gasteiger partial charge in [0.1, 0.15) is 5.25 Å². The van der Waals surface area contributed by atoms with Gasteiger partial charge in [-0.05, 0) is 29.9 Å². The highest BCUT2D eigenvalue weighted by Gasteiger charge is 2.41. The molecule has 2 aromatic rings. The Kier molecular flexibility index (Phi) is 4.30. The van der Waals surface area contributed by atoms with Gasteiger partial charge in [-0.25, -0.2) is 0 Å². The third kappa shape index (κ3) is 3.67. The van der Waals surface area contributed by atoms with Crippen molar-refractivity contribution in [3.63, 3.8) is 0 Å². The van der Waals surface area contributed by atoms with Gasteiger partial charge in [-0.2, -0.15) is 0 Å². The summed E-state index contributed by atoms with van der Waals surface area (Å²) >= 11 is 1.62. The van der Waals surface area contributed by atoms with Crippen molar-refractivity contribution in [1.82, 2.24) is 0 Å². The first kappa shape index (κ1) is 14.2. The van der Waals surface area contributed by atoms with Crippen molar-refractivity contribution in [2.24, 2.45) is 0 Å². The highest BCUT2D eigenvalue weighted by Crippen LogP contribution is 2.50. The first-order valence-corrected chi connectivity index (χ1v) is 8.15. The van der Waals surface area contributed by atoms with Crippen LogP contribution in [-0.2, 0) is 11.2 Å². The van der Waals surface area contributed by atoms with Crippen molar-refractivity contribution >= 4 is 17.7 Å². The van der Waals surface area contributed by atoms with Crippen molar-refractivity contribution in [2.45, 2.75) is 29.3 Å². The van der Waals surface area contributed by atoms with Crippen LogP contribution in [0.2, 0.25) is 0 Å². The second-order valence-corrected chi connectivity index (χ2v) is 6.89. The highest BCUT2D eigenvalue weighted by molar-refractivity contribution is 8.01. The van der Waals surface area contributed by atoms with Gasteiger partial charge in [0, 0.05) is 5.25 Å². The number of carboxylic acid groups (broad SMARTS) is 1. The maximum Gasteiger partial charge on any atom is 0.316 e. The summed E-state index contributed by atoms with van der Waals surface area (Å²) in [7, 11) is 0. The second kappa shape index (κ2) is 6.35. The minimum atomic E-state index is -0.706. The van der Waals surface area contributed by atoms with E-state index in [9.17, 15) is 9.90 Å². The van der Waals surface area contributed by atoms with Crippen molar-refractivity contribution in [3.8, 4) is 0 Å². The molecule has 3 heteroatoms. The van der Waals surface area contributed by atoms with Crippen LogP contribution in [0.5, 0.6) is 0 Å². The van der Waals surface area contributed by atoms with Crippen LogP contribution in [0.3, 0.4) is 0 Å². The Hall–Kier alpha value is -1.74. The Morgan fingerprint density at radius 2 is 1.71 bits per heavy atom. The quantitative estimate of drug-likeness (QED) is 0.876. The Labute approximate surface area is 129 Å². The lowest BCUT2D eigenvalue weighted by atomic mass is 10.1. The molecule has 108 valence electrons. The fourth-order valence-electron chi connectivity index (χ4n) is 2.61. The van der Waals surface area contributed by atoms with E-state index < -0.39 is 5.97 Å². The van der Waals surface area contributed by atoms with Crippen molar-refractivity contribution in [3.05, 3.63) is 71.8 Å². The Morgan fingerprint density at radius 3 is 2.33 bits per heavy atom. The molecular formula is C18H18O2S. The SMILES string of the molecule is O=C(O)C(Cc1ccccc1)SC1CC1c1ccccc1. The zero-order valence-electron chi connectivity index (χ0n) is 11.7. The summed E-state index contributed by atoms with van der Waals surface area (Å²) in [5.74, 6) is -0.184. The fraction of sp³-hybridized carbons (Fsp3) is 0.278. The van der Waals surface area contributed by atoms with E-state index in [-0.39, 0.29) is 5.25 Å². The van der Waals surface area contributed by atoms with E-state index in [4.69, 9.17) is 0 Å². The third-order valence-electron chi connectivity index (χ3n) is 3.84. The smallest absolute Gasteiger partial charge is 0.316 e. The molecule has 3 rings (SSSR count). The molecule has 1 saturated carbocycles. The summed E-state index contributed by atoms with van der Waals surface area (Å²) in [6, 6.07) is 20.3. The van der Waals surface area contributed by atoms with E-state index in [1.54, 1.807) is 11.8 Å². The largest absolute Gasteiger partial charge is 0.480 e. The minimum absolute atomic E-state index is 0.355. The van der Waals surface area contributed by atoms with Crippen LogP contribution in [0.25, 0.3) is 0 Å². The lowest BCUT2D eigenvalue weighted by Gasteiger charge is -2.12. The molecule has 0 spiro atoms. The van der Waals surface area contributed by atoms with Crippen LogP contribution < -0.4 is 0 Å². The standard InChI is InChI=1S/C18H18O2S/c19-18(20)17(11-13-7-3-1-4-8-13)21-16-12-15(16)14-9-5-2-6-10-14/h1-10,15-17H,11-12H2,(H,19,20). The van der Waals surface area contributed by atoms with Crippen molar-refractivity contribution < 1.29 is 9.90 Å². The number of rotatable bonds is 6. The molecule has 1 aliphatic rings. The van der Waals surface area contributed by atoms with Crippen molar-refractivity contribution in [2.75, 3.05) is 0 Å². The van der Waals surface area contributed by atoms with Crippen LogP contribution in [0.4, 0.5) is 0 Å². The number of hydrogen-bond donors (Lipinski definition) is 1. The zero-order valence-corrected chi connectivity index (χ0v) is 12.5. The molecule has 1 N–H and O–H groups in total. The van der Waals surface area contributed by atoms with E-state index in [1.807, 2.05) is 48.5 Å². The van der Waals surface area contributed by atoms with Crippen molar-refractivity contribution in [1.29, 1.82) is 0 Å².